The SMILES string of the molecule is Cc1cc(O)ccc1-n1cc(C(=O)O)c(=O)cc1CSc1ccc([N+](=O)[O-])cc1. The molecule has 29 heavy (non-hydrogen) atoms. The Balaban J connectivity index is 2.00. The summed E-state index contributed by atoms with van der Waals surface area (Å²) in [6, 6.07) is 12.0. The fourth-order valence-electron chi connectivity index (χ4n) is 2.80. The maximum atomic E-state index is 12.2. The van der Waals surface area contributed by atoms with Crippen LogP contribution in [0.1, 0.15) is 21.6 Å². The van der Waals surface area contributed by atoms with E-state index in [2.05, 4.69) is 0 Å². The second kappa shape index (κ2) is 8.19. The maximum absolute atomic E-state index is 12.2. The largest absolute Gasteiger partial charge is 0.508 e. The number of aromatic carboxylic acids is 1. The summed E-state index contributed by atoms with van der Waals surface area (Å²) < 4.78 is 1.61. The Kier molecular flexibility index (Phi) is 5.69. The molecule has 1 aromatic heterocycles. The number of nitrogens with zero attached hydrogens (tertiary/aromatic N) is 2. The number of aromatic nitrogens is 1. The van der Waals surface area contributed by atoms with Crippen molar-refractivity contribution in [3.63, 3.8) is 0 Å². The molecule has 0 saturated carbocycles. The molecule has 148 valence electrons. The predicted molar refractivity (Wildman–Crippen MR) is 108 cm³/mol. The molecule has 0 spiro atoms. The molecule has 3 rings (SSSR count). The molecule has 0 unspecified atom stereocenters. The summed E-state index contributed by atoms with van der Waals surface area (Å²) in [6.45, 7) is 1.76. The number of benzene rings is 2. The molecule has 0 atom stereocenters. The Morgan fingerprint density at radius 2 is 1.86 bits per heavy atom. The standard InChI is InChI=1S/C20H16N2O6S/c1-12-8-15(23)4-7-18(12)21-10-17(20(25)26)19(24)9-14(21)11-29-16-5-2-13(3-6-16)22(27)28/h2-10,23H,11H2,1H3,(H,25,26). The van der Waals surface area contributed by atoms with E-state index in [9.17, 15) is 29.9 Å². The number of pyridine rings is 1. The molecule has 0 radical (unpaired) electrons. The van der Waals surface area contributed by atoms with Crippen LogP contribution >= 0.6 is 11.8 Å². The summed E-state index contributed by atoms with van der Waals surface area (Å²) in [7, 11) is 0. The van der Waals surface area contributed by atoms with E-state index < -0.39 is 16.3 Å². The van der Waals surface area contributed by atoms with E-state index in [4.69, 9.17) is 0 Å². The molecule has 2 aromatic carbocycles. The van der Waals surface area contributed by atoms with Gasteiger partial charge in [0, 0.05) is 46.4 Å². The van der Waals surface area contributed by atoms with E-state index in [-0.39, 0.29) is 17.0 Å². The number of carboxylic acids is 1. The van der Waals surface area contributed by atoms with Crippen LogP contribution in [0, 0.1) is 17.0 Å². The van der Waals surface area contributed by atoms with Gasteiger partial charge >= 0.3 is 5.97 Å². The third-order valence-corrected chi connectivity index (χ3v) is 5.28. The van der Waals surface area contributed by atoms with Crippen molar-refractivity contribution in [2.75, 3.05) is 0 Å². The smallest absolute Gasteiger partial charge is 0.341 e. The number of hydrogen-bond acceptors (Lipinski definition) is 6. The van der Waals surface area contributed by atoms with Gasteiger partial charge in [-0.2, -0.15) is 0 Å². The molecular formula is C20H16N2O6S. The van der Waals surface area contributed by atoms with Crippen molar-refractivity contribution in [3.8, 4) is 11.4 Å². The fourth-order valence-corrected chi connectivity index (χ4v) is 3.67. The summed E-state index contributed by atoms with van der Waals surface area (Å²) in [6.07, 6.45) is 1.27. The zero-order valence-corrected chi connectivity index (χ0v) is 16.0. The maximum Gasteiger partial charge on any atom is 0.341 e. The van der Waals surface area contributed by atoms with Gasteiger partial charge in [0.25, 0.3) is 5.69 Å². The Morgan fingerprint density at radius 1 is 1.17 bits per heavy atom. The van der Waals surface area contributed by atoms with Gasteiger partial charge in [-0.25, -0.2) is 4.79 Å². The van der Waals surface area contributed by atoms with Crippen LogP contribution in [-0.4, -0.2) is 25.7 Å². The van der Waals surface area contributed by atoms with E-state index >= 15 is 0 Å². The third kappa shape index (κ3) is 4.46. The first-order chi connectivity index (χ1) is 13.8. The first-order valence-corrected chi connectivity index (χ1v) is 9.41. The van der Waals surface area contributed by atoms with Crippen molar-refractivity contribution in [1.29, 1.82) is 0 Å². The van der Waals surface area contributed by atoms with E-state index in [1.165, 1.54) is 42.2 Å². The van der Waals surface area contributed by atoms with Crippen LogP contribution in [0.4, 0.5) is 5.69 Å². The van der Waals surface area contributed by atoms with E-state index in [1.807, 2.05) is 0 Å². The Labute approximate surface area is 169 Å². The van der Waals surface area contributed by atoms with E-state index in [1.54, 1.807) is 35.8 Å². The van der Waals surface area contributed by atoms with Crippen LogP contribution in [0.25, 0.3) is 5.69 Å². The molecule has 0 amide bonds. The number of aromatic hydroxyl groups is 1. The molecule has 0 aliphatic rings. The van der Waals surface area contributed by atoms with Crippen LogP contribution in [0.2, 0.25) is 0 Å². The Bertz CT molecular complexity index is 1150. The summed E-state index contributed by atoms with van der Waals surface area (Å²) >= 11 is 1.36. The van der Waals surface area contributed by atoms with Gasteiger partial charge in [0.2, 0.25) is 0 Å². The monoisotopic (exact) mass is 412 g/mol. The predicted octanol–water partition coefficient (Wildman–Crippen LogP) is 3.75. The number of nitro benzene ring substituents is 1. The lowest BCUT2D eigenvalue weighted by Crippen LogP contribution is -2.19. The van der Waals surface area contributed by atoms with Crippen molar-refractivity contribution in [1.82, 2.24) is 4.57 Å². The van der Waals surface area contributed by atoms with Crippen LogP contribution in [0.3, 0.4) is 0 Å². The summed E-state index contributed by atoms with van der Waals surface area (Å²) in [5.41, 5.74) is 0.899. The zero-order chi connectivity index (χ0) is 21.1. The van der Waals surface area contributed by atoms with Gasteiger partial charge in [0.05, 0.1) is 4.92 Å². The summed E-state index contributed by atoms with van der Waals surface area (Å²) in [5.74, 6) is -0.921. The van der Waals surface area contributed by atoms with Crippen molar-refractivity contribution in [2.24, 2.45) is 0 Å². The van der Waals surface area contributed by atoms with Crippen molar-refractivity contribution in [2.45, 2.75) is 17.6 Å². The lowest BCUT2D eigenvalue weighted by Gasteiger charge is -2.17. The molecule has 1 heterocycles. The van der Waals surface area contributed by atoms with Crippen LogP contribution in [0.15, 0.2) is 64.4 Å². The number of rotatable bonds is 6. The molecule has 0 aliphatic carbocycles. The second-order valence-corrected chi connectivity index (χ2v) is 7.28. The number of phenolic OH excluding ortho intramolecular Hbond substituents is 1. The lowest BCUT2D eigenvalue weighted by atomic mass is 10.1. The van der Waals surface area contributed by atoms with E-state index in [0.717, 1.165) is 4.90 Å². The molecule has 3 aromatic rings. The normalized spacial score (nSPS) is 10.7. The number of aryl methyl sites for hydroxylation is 1. The van der Waals surface area contributed by atoms with Crippen LogP contribution in [0.5, 0.6) is 5.75 Å². The minimum absolute atomic E-state index is 0.0169. The van der Waals surface area contributed by atoms with Crippen molar-refractivity contribution >= 4 is 23.4 Å². The van der Waals surface area contributed by atoms with Gasteiger partial charge < -0.3 is 14.8 Å². The quantitative estimate of drug-likeness (QED) is 0.359. The number of hydrogen-bond donors (Lipinski definition) is 2. The number of carbonyl (C=O) groups is 1. The van der Waals surface area contributed by atoms with Crippen LogP contribution in [-0.2, 0) is 5.75 Å². The Hall–Kier alpha value is -3.59. The molecule has 8 nitrogen and oxygen atoms in total. The molecule has 0 saturated heterocycles. The van der Waals surface area contributed by atoms with Gasteiger partial charge in [0.15, 0.2) is 5.43 Å². The van der Waals surface area contributed by atoms with Crippen LogP contribution < -0.4 is 5.43 Å². The number of nitro groups is 1. The highest BCUT2D eigenvalue weighted by atomic mass is 32.2. The lowest BCUT2D eigenvalue weighted by molar-refractivity contribution is -0.384. The fraction of sp³-hybridized carbons (Fsp3) is 0.100. The number of carboxylic acid groups (broad SMARTS) is 1. The minimum Gasteiger partial charge on any atom is -0.508 e. The highest BCUT2D eigenvalue weighted by Gasteiger charge is 2.15. The molecule has 0 aliphatic heterocycles. The molecule has 9 heteroatoms. The first kappa shape index (κ1) is 20.2. The van der Waals surface area contributed by atoms with Gasteiger partial charge in [-0.15, -0.1) is 11.8 Å². The number of phenols is 1. The van der Waals surface area contributed by atoms with Gasteiger partial charge in [-0.1, -0.05) is 0 Å². The average molecular weight is 412 g/mol. The van der Waals surface area contributed by atoms with Gasteiger partial charge in [-0.3, -0.25) is 14.9 Å². The minimum atomic E-state index is -1.32. The Morgan fingerprint density at radius 3 is 2.45 bits per heavy atom. The molecule has 0 fully saturated rings. The van der Waals surface area contributed by atoms with Crippen molar-refractivity contribution in [3.05, 3.63) is 91.9 Å². The second-order valence-electron chi connectivity index (χ2n) is 6.23. The van der Waals surface area contributed by atoms with Crippen molar-refractivity contribution < 1.29 is 19.9 Å². The van der Waals surface area contributed by atoms with E-state index in [0.29, 0.717) is 22.7 Å². The molecule has 0 bridgehead atoms. The molecular weight excluding hydrogens is 396 g/mol. The summed E-state index contributed by atoms with van der Waals surface area (Å²) in [5, 5.41) is 29.7. The van der Waals surface area contributed by atoms with Gasteiger partial charge in [-0.05, 0) is 42.8 Å². The highest BCUT2D eigenvalue weighted by molar-refractivity contribution is 7.98. The highest BCUT2D eigenvalue weighted by Crippen LogP contribution is 2.27. The first-order valence-electron chi connectivity index (χ1n) is 8.42. The topological polar surface area (TPSA) is 123 Å². The third-order valence-electron chi connectivity index (χ3n) is 4.24. The summed E-state index contributed by atoms with van der Waals surface area (Å²) in [4.78, 5) is 34.7. The van der Waals surface area contributed by atoms with Gasteiger partial charge in [0.1, 0.15) is 11.3 Å². The number of thioether (sulfide) groups is 1. The molecule has 2 N–H and O–H groups in total. The zero-order valence-electron chi connectivity index (χ0n) is 15.2. The average Bonchev–Trinajstić information content (AvgIpc) is 2.67. The number of non-ortho nitro benzene ring substituents is 1.